The summed E-state index contributed by atoms with van der Waals surface area (Å²) in [6, 6.07) is 0. The highest BCUT2D eigenvalue weighted by atomic mass is 16.5. The van der Waals surface area contributed by atoms with Gasteiger partial charge in [-0.15, -0.1) is 0 Å². The minimum Gasteiger partial charge on any atom is -0.380 e. The standard InChI is InChI=1S/C9H20N2O/c1-10-5-7-11-6-3-4-9(8-11)12-2/h9-10H,3-8H2,1-2H3. The average Bonchev–Trinajstić information content (AvgIpc) is 2.15. The van der Waals surface area contributed by atoms with E-state index in [-0.39, 0.29) is 0 Å². The van der Waals surface area contributed by atoms with Gasteiger partial charge in [-0.1, -0.05) is 0 Å². The second-order valence-corrected chi connectivity index (χ2v) is 3.40. The lowest BCUT2D eigenvalue weighted by atomic mass is 10.1. The van der Waals surface area contributed by atoms with Crippen molar-refractivity contribution in [3.63, 3.8) is 0 Å². The van der Waals surface area contributed by atoms with Crippen molar-refractivity contribution in [2.24, 2.45) is 0 Å². The Morgan fingerprint density at radius 3 is 3.08 bits per heavy atom. The van der Waals surface area contributed by atoms with Crippen LogP contribution in [0.4, 0.5) is 0 Å². The van der Waals surface area contributed by atoms with Gasteiger partial charge in [-0.2, -0.15) is 0 Å². The lowest BCUT2D eigenvalue weighted by Crippen LogP contribution is -2.41. The molecule has 1 heterocycles. The average molecular weight is 172 g/mol. The Balaban J connectivity index is 2.16. The smallest absolute Gasteiger partial charge is 0.0698 e. The lowest BCUT2D eigenvalue weighted by molar-refractivity contribution is 0.0320. The van der Waals surface area contributed by atoms with Crippen molar-refractivity contribution in [1.29, 1.82) is 0 Å². The van der Waals surface area contributed by atoms with Crippen LogP contribution in [-0.4, -0.2) is 51.3 Å². The fourth-order valence-corrected chi connectivity index (χ4v) is 1.68. The van der Waals surface area contributed by atoms with Crippen molar-refractivity contribution in [1.82, 2.24) is 10.2 Å². The van der Waals surface area contributed by atoms with Crippen LogP contribution in [-0.2, 0) is 4.74 Å². The molecule has 0 amide bonds. The Bertz CT molecular complexity index is 119. The Kier molecular flexibility index (Phi) is 4.58. The highest BCUT2D eigenvalue weighted by Gasteiger charge is 2.18. The topological polar surface area (TPSA) is 24.5 Å². The molecule has 72 valence electrons. The van der Waals surface area contributed by atoms with Crippen molar-refractivity contribution >= 4 is 0 Å². The second kappa shape index (κ2) is 5.51. The van der Waals surface area contributed by atoms with Gasteiger partial charge in [0.15, 0.2) is 0 Å². The molecular weight excluding hydrogens is 152 g/mol. The van der Waals surface area contributed by atoms with E-state index in [2.05, 4.69) is 10.2 Å². The molecule has 1 unspecified atom stereocenters. The molecule has 3 heteroatoms. The number of methoxy groups -OCH3 is 1. The van der Waals surface area contributed by atoms with Crippen LogP contribution in [0.15, 0.2) is 0 Å². The SMILES string of the molecule is CNCCN1CCCC(OC)C1. The van der Waals surface area contributed by atoms with Gasteiger partial charge >= 0.3 is 0 Å². The minimum atomic E-state index is 0.468. The van der Waals surface area contributed by atoms with Gasteiger partial charge in [0, 0.05) is 26.7 Å². The van der Waals surface area contributed by atoms with Gasteiger partial charge in [0.2, 0.25) is 0 Å². The summed E-state index contributed by atoms with van der Waals surface area (Å²) in [5.74, 6) is 0. The van der Waals surface area contributed by atoms with Crippen molar-refractivity contribution < 1.29 is 4.74 Å². The summed E-state index contributed by atoms with van der Waals surface area (Å²) in [5, 5.41) is 3.17. The van der Waals surface area contributed by atoms with E-state index in [1.807, 2.05) is 14.2 Å². The van der Waals surface area contributed by atoms with Crippen molar-refractivity contribution in [2.45, 2.75) is 18.9 Å². The lowest BCUT2D eigenvalue weighted by Gasteiger charge is -2.31. The molecule has 0 saturated carbocycles. The molecule has 0 aromatic carbocycles. The molecule has 1 fully saturated rings. The van der Waals surface area contributed by atoms with Gasteiger partial charge in [0.05, 0.1) is 6.10 Å². The molecule has 0 aromatic rings. The summed E-state index contributed by atoms with van der Waals surface area (Å²) < 4.78 is 5.34. The van der Waals surface area contributed by atoms with E-state index in [1.165, 1.54) is 19.4 Å². The first-order valence-electron chi connectivity index (χ1n) is 4.76. The minimum absolute atomic E-state index is 0.468. The molecule has 1 atom stereocenters. The van der Waals surface area contributed by atoms with Crippen LogP contribution in [0.5, 0.6) is 0 Å². The number of ether oxygens (including phenoxy) is 1. The first-order chi connectivity index (χ1) is 5.86. The van der Waals surface area contributed by atoms with Gasteiger partial charge in [0.1, 0.15) is 0 Å². The highest BCUT2D eigenvalue weighted by molar-refractivity contribution is 4.72. The fourth-order valence-electron chi connectivity index (χ4n) is 1.68. The zero-order chi connectivity index (χ0) is 8.81. The van der Waals surface area contributed by atoms with Gasteiger partial charge in [-0.3, -0.25) is 4.90 Å². The molecule has 1 saturated heterocycles. The molecule has 0 aliphatic carbocycles. The molecule has 0 spiro atoms. The van der Waals surface area contributed by atoms with Crippen LogP contribution in [0.3, 0.4) is 0 Å². The van der Waals surface area contributed by atoms with Crippen molar-refractivity contribution in [3.05, 3.63) is 0 Å². The zero-order valence-corrected chi connectivity index (χ0v) is 8.18. The predicted octanol–water partition coefficient (Wildman–Crippen LogP) is 0.317. The first-order valence-corrected chi connectivity index (χ1v) is 4.76. The summed E-state index contributed by atoms with van der Waals surface area (Å²) in [4.78, 5) is 2.47. The molecule has 1 N–H and O–H groups in total. The van der Waals surface area contributed by atoms with Crippen LogP contribution >= 0.6 is 0 Å². The normalized spacial score (nSPS) is 26.0. The number of nitrogens with one attached hydrogen (secondary N) is 1. The number of likely N-dealkylation sites (N-methyl/N-ethyl adjacent to an activating group) is 1. The van der Waals surface area contributed by atoms with Crippen LogP contribution in [0.2, 0.25) is 0 Å². The third-order valence-electron chi connectivity index (χ3n) is 2.47. The molecule has 12 heavy (non-hydrogen) atoms. The van der Waals surface area contributed by atoms with E-state index in [0.29, 0.717) is 6.10 Å². The summed E-state index contributed by atoms with van der Waals surface area (Å²) in [7, 11) is 3.81. The maximum absolute atomic E-state index is 5.34. The van der Waals surface area contributed by atoms with E-state index < -0.39 is 0 Å². The molecule has 1 aliphatic heterocycles. The summed E-state index contributed by atoms with van der Waals surface area (Å²) in [5.41, 5.74) is 0. The van der Waals surface area contributed by atoms with Crippen LogP contribution in [0.25, 0.3) is 0 Å². The number of hydrogen-bond acceptors (Lipinski definition) is 3. The first kappa shape index (κ1) is 9.96. The number of rotatable bonds is 4. The predicted molar refractivity (Wildman–Crippen MR) is 50.4 cm³/mol. The van der Waals surface area contributed by atoms with Crippen molar-refractivity contribution in [3.8, 4) is 0 Å². The maximum Gasteiger partial charge on any atom is 0.0698 e. The van der Waals surface area contributed by atoms with E-state index in [9.17, 15) is 0 Å². The second-order valence-electron chi connectivity index (χ2n) is 3.40. The quantitative estimate of drug-likeness (QED) is 0.661. The van der Waals surface area contributed by atoms with Gasteiger partial charge < -0.3 is 10.1 Å². The van der Waals surface area contributed by atoms with E-state index in [0.717, 1.165) is 19.6 Å². The number of nitrogens with zero attached hydrogens (tertiary/aromatic N) is 1. The zero-order valence-electron chi connectivity index (χ0n) is 8.18. The van der Waals surface area contributed by atoms with Crippen LogP contribution in [0, 0.1) is 0 Å². The van der Waals surface area contributed by atoms with E-state index >= 15 is 0 Å². The summed E-state index contributed by atoms with van der Waals surface area (Å²) >= 11 is 0. The van der Waals surface area contributed by atoms with Crippen LogP contribution in [0.1, 0.15) is 12.8 Å². The largest absolute Gasteiger partial charge is 0.380 e. The third-order valence-corrected chi connectivity index (χ3v) is 2.47. The van der Waals surface area contributed by atoms with Gasteiger partial charge in [0.25, 0.3) is 0 Å². The third kappa shape index (κ3) is 3.09. The van der Waals surface area contributed by atoms with E-state index in [1.54, 1.807) is 0 Å². The Morgan fingerprint density at radius 2 is 2.42 bits per heavy atom. The number of hydrogen-bond donors (Lipinski definition) is 1. The molecule has 0 aromatic heterocycles. The number of piperidine rings is 1. The van der Waals surface area contributed by atoms with Gasteiger partial charge in [-0.05, 0) is 26.4 Å². The molecular formula is C9H20N2O. The molecule has 1 rings (SSSR count). The maximum atomic E-state index is 5.34. The summed E-state index contributed by atoms with van der Waals surface area (Å²) in [6.07, 6.45) is 2.98. The Hall–Kier alpha value is -0.120. The highest BCUT2D eigenvalue weighted by Crippen LogP contribution is 2.11. The molecule has 0 bridgehead atoms. The van der Waals surface area contributed by atoms with E-state index in [4.69, 9.17) is 4.74 Å². The Labute approximate surface area is 75.1 Å². The van der Waals surface area contributed by atoms with Crippen LogP contribution < -0.4 is 5.32 Å². The Morgan fingerprint density at radius 1 is 1.58 bits per heavy atom. The molecule has 3 nitrogen and oxygen atoms in total. The molecule has 1 aliphatic rings. The van der Waals surface area contributed by atoms with Gasteiger partial charge in [-0.25, -0.2) is 0 Å². The number of likely N-dealkylation sites (tertiary alicyclic amines) is 1. The fraction of sp³-hybridized carbons (Fsp3) is 1.00. The van der Waals surface area contributed by atoms with Crippen molar-refractivity contribution in [2.75, 3.05) is 40.3 Å². The summed E-state index contributed by atoms with van der Waals surface area (Å²) in [6.45, 7) is 4.58. The molecule has 0 radical (unpaired) electrons. The monoisotopic (exact) mass is 172 g/mol.